The Balaban J connectivity index is 2.36. The van der Waals surface area contributed by atoms with Gasteiger partial charge in [-0.1, -0.05) is 0 Å². The van der Waals surface area contributed by atoms with Gasteiger partial charge in [-0.15, -0.1) is 12.6 Å². The fraction of sp³-hybridized carbons (Fsp3) is 0.417. The van der Waals surface area contributed by atoms with Crippen LogP contribution in [-0.4, -0.2) is 31.6 Å². The Morgan fingerprint density at radius 2 is 2.00 bits per heavy atom. The second kappa shape index (κ2) is 5.52. The summed E-state index contributed by atoms with van der Waals surface area (Å²) < 4.78 is 26.2. The number of hydrogen-bond donors (Lipinski definition) is 2. The van der Waals surface area contributed by atoms with Crippen LogP contribution < -0.4 is 5.73 Å². The quantitative estimate of drug-likeness (QED) is 0.507. The standard InChI is InChI=1S/C12H17N3O2S2/c1-9(13)14-11-5-4-10(8-12(11)18)19(16,17)15-6-2-3-7-15/h4-5,8,18H,2-3,6-7H2,1H3,(H2,13,14). The Morgan fingerprint density at radius 1 is 1.37 bits per heavy atom. The maximum atomic E-state index is 12.4. The molecule has 0 amide bonds. The van der Waals surface area contributed by atoms with Gasteiger partial charge in [0.05, 0.1) is 16.4 Å². The van der Waals surface area contributed by atoms with Crippen LogP contribution in [0.1, 0.15) is 19.8 Å². The SMILES string of the molecule is CC(N)=Nc1ccc(S(=O)(=O)N2CCCC2)cc1S. The molecule has 7 heteroatoms. The molecule has 1 heterocycles. The molecule has 1 aliphatic rings. The Bertz CT molecular complexity index is 601. The molecule has 0 spiro atoms. The van der Waals surface area contributed by atoms with Crippen molar-refractivity contribution in [1.29, 1.82) is 0 Å². The molecule has 0 bridgehead atoms. The normalized spacial score (nSPS) is 17.9. The number of nitrogens with zero attached hydrogens (tertiary/aromatic N) is 2. The third kappa shape index (κ3) is 3.10. The first-order chi connectivity index (χ1) is 8.91. The first-order valence-electron chi connectivity index (χ1n) is 6.05. The zero-order valence-electron chi connectivity index (χ0n) is 10.7. The molecule has 0 radical (unpaired) electrons. The maximum Gasteiger partial charge on any atom is 0.243 e. The van der Waals surface area contributed by atoms with Crippen LogP contribution in [0.15, 0.2) is 33.0 Å². The number of nitrogens with two attached hydrogens (primary N) is 1. The maximum absolute atomic E-state index is 12.4. The third-order valence-corrected chi connectivity index (χ3v) is 5.20. The van der Waals surface area contributed by atoms with Crippen molar-refractivity contribution >= 4 is 34.2 Å². The lowest BCUT2D eigenvalue weighted by Gasteiger charge is -2.16. The molecule has 0 aliphatic carbocycles. The molecule has 1 aromatic rings. The second-order valence-electron chi connectivity index (χ2n) is 4.51. The molecule has 5 nitrogen and oxygen atoms in total. The fourth-order valence-electron chi connectivity index (χ4n) is 2.03. The summed E-state index contributed by atoms with van der Waals surface area (Å²) in [4.78, 5) is 4.85. The molecular weight excluding hydrogens is 282 g/mol. The summed E-state index contributed by atoms with van der Waals surface area (Å²) in [7, 11) is -3.40. The van der Waals surface area contributed by atoms with Crippen LogP contribution in [0.3, 0.4) is 0 Å². The van der Waals surface area contributed by atoms with Crippen LogP contribution in [0.25, 0.3) is 0 Å². The summed E-state index contributed by atoms with van der Waals surface area (Å²) in [6.45, 7) is 2.85. The molecular formula is C12H17N3O2S2. The predicted octanol–water partition coefficient (Wildman–Crippen LogP) is 1.77. The van der Waals surface area contributed by atoms with E-state index in [1.165, 1.54) is 10.4 Å². The summed E-state index contributed by atoms with van der Waals surface area (Å²) in [6.07, 6.45) is 1.84. The monoisotopic (exact) mass is 299 g/mol. The van der Waals surface area contributed by atoms with E-state index in [1.54, 1.807) is 19.1 Å². The second-order valence-corrected chi connectivity index (χ2v) is 6.93. The van der Waals surface area contributed by atoms with E-state index in [0.717, 1.165) is 12.8 Å². The van der Waals surface area contributed by atoms with Crippen molar-refractivity contribution in [1.82, 2.24) is 4.31 Å². The van der Waals surface area contributed by atoms with Crippen LogP contribution in [-0.2, 0) is 10.0 Å². The van der Waals surface area contributed by atoms with E-state index in [4.69, 9.17) is 5.73 Å². The highest BCUT2D eigenvalue weighted by Gasteiger charge is 2.27. The minimum Gasteiger partial charge on any atom is -0.387 e. The Hall–Kier alpha value is -1.05. The average molecular weight is 299 g/mol. The average Bonchev–Trinajstić information content (AvgIpc) is 2.85. The van der Waals surface area contributed by atoms with Gasteiger partial charge in [0.25, 0.3) is 0 Å². The summed E-state index contributed by atoms with van der Waals surface area (Å²) >= 11 is 4.27. The van der Waals surface area contributed by atoms with Crippen molar-refractivity contribution in [3.63, 3.8) is 0 Å². The van der Waals surface area contributed by atoms with Gasteiger partial charge in [0.15, 0.2) is 0 Å². The van der Waals surface area contributed by atoms with Gasteiger partial charge in [-0.2, -0.15) is 4.31 Å². The van der Waals surface area contributed by atoms with Gasteiger partial charge in [-0.25, -0.2) is 13.4 Å². The van der Waals surface area contributed by atoms with Crippen molar-refractivity contribution in [2.75, 3.05) is 13.1 Å². The Kier molecular flexibility index (Phi) is 4.17. The van der Waals surface area contributed by atoms with Crippen LogP contribution in [0.4, 0.5) is 5.69 Å². The number of amidine groups is 1. The lowest BCUT2D eigenvalue weighted by atomic mass is 10.3. The van der Waals surface area contributed by atoms with Crippen LogP contribution in [0.5, 0.6) is 0 Å². The van der Waals surface area contributed by atoms with Gasteiger partial charge in [0.1, 0.15) is 0 Å². The van der Waals surface area contributed by atoms with Gasteiger partial charge in [-0.3, -0.25) is 0 Å². The van der Waals surface area contributed by atoms with E-state index in [0.29, 0.717) is 29.5 Å². The van der Waals surface area contributed by atoms with Gasteiger partial charge in [0, 0.05) is 18.0 Å². The van der Waals surface area contributed by atoms with Crippen molar-refractivity contribution in [2.24, 2.45) is 10.7 Å². The number of rotatable bonds is 3. The molecule has 1 aliphatic heterocycles. The number of thiol groups is 1. The number of aliphatic imine (C=N–C) groups is 1. The molecule has 1 aromatic carbocycles. The predicted molar refractivity (Wildman–Crippen MR) is 78.6 cm³/mol. The van der Waals surface area contributed by atoms with E-state index < -0.39 is 10.0 Å². The van der Waals surface area contributed by atoms with Gasteiger partial charge < -0.3 is 5.73 Å². The largest absolute Gasteiger partial charge is 0.387 e. The Morgan fingerprint density at radius 3 is 2.53 bits per heavy atom. The molecule has 2 N–H and O–H groups in total. The topological polar surface area (TPSA) is 75.8 Å². The molecule has 2 rings (SSSR count). The van der Waals surface area contributed by atoms with Crippen molar-refractivity contribution < 1.29 is 8.42 Å². The zero-order valence-corrected chi connectivity index (χ0v) is 12.4. The zero-order chi connectivity index (χ0) is 14.0. The lowest BCUT2D eigenvalue weighted by Crippen LogP contribution is -2.27. The number of benzene rings is 1. The van der Waals surface area contributed by atoms with Gasteiger partial charge in [-0.05, 0) is 38.0 Å². The van der Waals surface area contributed by atoms with Gasteiger partial charge >= 0.3 is 0 Å². The van der Waals surface area contributed by atoms with Crippen molar-refractivity contribution in [3.8, 4) is 0 Å². The molecule has 1 fully saturated rings. The smallest absolute Gasteiger partial charge is 0.243 e. The molecule has 0 unspecified atom stereocenters. The molecule has 0 saturated carbocycles. The number of sulfonamides is 1. The lowest BCUT2D eigenvalue weighted by molar-refractivity contribution is 0.477. The summed E-state index contributed by atoms with van der Waals surface area (Å²) in [5.41, 5.74) is 6.08. The van der Waals surface area contributed by atoms with Crippen molar-refractivity contribution in [3.05, 3.63) is 18.2 Å². The summed E-state index contributed by atoms with van der Waals surface area (Å²) in [5, 5.41) is 0. The highest BCUT2D eigenvalue weighted by atomic mass is 32.2. The van der Waals surface area contributed by atoms with E-state index in [9.17, 15) is 8.42 Å². The minimum atomic E-state index is -3.40. The number of hydrogen-bond acceptors (Lipinski definition) is 4. The minimum absolute atomic E-state index is 0.257. The first-order valence-corrected chi connectivity index (χ1v) is 7.94. The molecule has 0 aromatic heterocycles. The summed E-state index contributed by atoms with van der Waals surface area (Å²) in [5.74, 6) is 0.408. The van der Waals surface area contributed by atoms with E-state index in [1.807, 2.05) is 0 Å². The Labute approximate surface area is 119 Å². The van der Waals surface area contributed by atoms with Gasteiger partial charge in [0.2, 0.25) is 10.0 Å². The fourth-order valence-corrected chi connectivity index (χ4v) is 3.92. The van der Waals surface area contributed by atoms with E-state index in [2.05, 4.69) is 17.6 Å². The highest BCUT2D eigenvalue weighted by Crippen LogP contribution is 2.28. The van der Waals surface area contributed by atoms with E-state index >= 15 is 0 Å². The van der Waals surface area contributed by atoms with E-state index in [-0.39, 0.29) is 4.90 Å². The molecule has 104 valence electrons. The van der Waals surface area contributed by atoms with Crippen LogP contribution >= 0.6 is 12.6 Å². The van der Waals surface area contributed by atoms with Crippen LogP contribution in [0.2, 0.25) is 0 Å². The molecule has 0 atom stereocenters. The highest BCUT2D eigenvalue weighted by molar-refractivity contribution is 7.89. The molecule has 1 saturated heterocycles. The van der Waals surface area contributed by atoms with Crippen LogP contribution in [0, 0.1) is 0 Å². The summed E-state index contributed by atoms with van der Waals surface area (Å²) in [6, 6.07) is 4.70. The third-order valence-electron chi connectivity index (χ3n) is 2.95. The first kappa shape index (κ1) is 14.4. The molecule has 19 heavy (non-hydrogen) atoms. The van der Waals surface area contributed by atoms with Crippen molar-refractivity contribution in [2.45, 2.75) is 29.6 Å².